The Balaban J connectivity index is 1.44. The number of carbonyl (C=O) groups is 3. The summed E-state index contributed by atoms with van der Waals surface area (Å²) in [5.41, 5.74) is 5.27. The number of rotatable bonds is 10. The first kappa shape index (κ1) is 29.8. The molecule has 0 aliphatic carbocycles. The standard InChI is InChI=1S/C20H26FN9O7S3/c1-30(7-4-28(5-8-30)40(23,35)36)6-2-3-11-9-38-18-13(17(32)29(18)14(11)19(33)34)24-16(31)12(26-37-10-21)15-25-20(22)39-27-15/h2-3,13,18H,4-10H2,1H3,(H5-,22,23,24,25,27,31,33,34,35,36)/p+1/b3-2+,26-12-/t13-,18-/m1/s1. The van der Waals surface area contributed by atoms with Gasteiger partial charge in [0.05, 0.1) is 39.8 Å². The van der Waals surface area contributed by atoms with Crippen molar-refractivity contribution in [3.05, 3.63) is 29.2 Å². The second-order valence-electron chi connectivity index (χ2n) is 9.27. The number of nitrogens with one attached hydrogen (secondary N) is 1. The second kappa shape index (κ2) is 11.7. The monoisotopic (exact) mass is 620 g/mol. The van der Waals surface area contributed by atoms with Crippen molar-refractivity contribution < 1.29 is 41.6 Å². The molecule has 1 aromatic heterocycles. The molecule has 16 nitrogen and oxygen atoms in total. The SMILES string of the molecule is C[N+]1(C/C=C/C2=C(C(=O)O)N3C(=O)[C@@H](NC(=O)/C(=N\OCF)c4nsc(N)n4)[C@H]3SC2)CCN(S(N)(=O)=O)CC1. The summed E-state index contributed by atoms with van der Waals surface area (Å²) in [6.07, 6.45) is 3.45. The highest BCUT2D eigenvalue weighted by Gasteiger charge is 2.54. The summed E-state index contributed by atoms with van der Waals surface area (Å²) >= 11 is 2.04. The highest BCUT2D eigenvalue weighted by molar-refractivity contribution is 8.00. The van der Waals surface area contributed by atoms with Crippen LogP contribution in [0.2, 0.25) is 0 Å². The maximum Gasteiger partial charge on any atom is 0.352 e. The van der Waals surface area contributed by atoms with Gasteiger partial charge >= 0.3 is 5.97 Å². The van der Waals surface area contributed by atoms with Gasteiger partial charge in [-0.25, -0.2) is 14.3 Å². The van der Waals surface area contributed by atoms with Crippen LogP contribution < -0.4 is 16.2 Å². The first-order valence-corrected chi connectivity index (χ1v) is 15.0. The van der Waals surface area contributed by atoms with Crippen molar-refractivity contribution in [1.82, 2.24) is 23.9 Å². The van der Waals surface area contributed by atoms with Gasteiger partial charge in [0.1, 0.15) is 17.1 Å². The lowest BCUT2D eigenvalue weighted by atomic mass is 10.0. The lowest BCUT2D eigenvalue weighted by Gasteiger charge is -2.49. The van der Waals surface area contributed by atoms with Crippen LogP contribution in [0.25, 0.3) is 0 Å². The number of nitrogens with two attached hydrogens (primary N) is 2. The van der Waals surface area contributed by atoms with Gasteiger partial charge in [0.2, 0.25) is 11.5 Å². The molecule has 20 heteroatoms. The smallest absolute Gasteiger partial charge is 0.352 e. The van der Waals surface area contributed by atoms with Gasteiger partial charge < -0.3 is 25.5 Å². The molecule has 6 N–H and O–H groups in total. The van der Waals surface area contributed by atoms with E-state index in [1.165, 1.54) is 16.1 Å². The molecule has 218 valence electrons. The summed E-state index contributed by atoms with van der Waals surface area (Å²) in [6.45, 7) is 0.793. The molecule has 0 spiro atoms. The molecule has 4 rings (SSSR count). The number of oxime groups is 1. The molecule has 4 heterocycles. The lowest BCUT2D eigenvalue weighted by molar-refractivity contribution is -0.907. The molecule has 2 atom stereocenters. The third-order valence-corrected chi connectivity index (χ3v) is 9.49. The average Bonchev–Trinajstić information content (AvgIpc) is 3.32. The summed E-state index contributed by atoms with van der Waals surface area (Å²) < 4.78 is 41.2. The Hall–Kier alpha value is -3.17. The van der Waals surface area contributed by atoms with Gasteiger partial charge in [-0.15, -0.1) is 11.8 Å². The summed E-state index contributed by atoms with van der Waals surface area (Å²) in [7, 11) is -1.79. The minimum atomic E-state index is -3.75. The number of likely N-dealkylation sites (N-methyl/N-ethyl adjacent to an activating group) is 1. The van der Waals surface area contributed by atoms with Crippen molar-refractivity contribution in [2.24, 2.45) is 10.3 Å². The highest BCUT2D eigenvalue weighted by atomic mass is 32.2. The van der Waals surface area contributed by atoms with Gasteiger partial charge in [0.25, 0.3) is 28.9 Å². The van der Waals surface area contributed by atoms with Crippen molar-refractivity contribution in [2.75, 3.05) is 58.1 Å². The molecular weight excluding hydrogens is 593 g/mol. The van der Waals surface area contributed by atoms with Gasteiger partial charge in [-0.05, 0) is 11.6 Å². The Bertz CT molecular complexity index is 1390. The van der Waals surface area contributed by atoms with Gasteiger partial charge in [-0.3, -0.25) is 14.5 Å². The third kappa shape index (κ3) is 6.25. The van der Waals surface area contributed by atoms with Gasteiger partial charge in [-0.2, -0.15) is 22.1 Å². The Labute approximate surface area is 236 Å². The number of aromatic nitrogens is 2. The average molecular weight is 621 g/mol. The normalized spacial score (nSPS) is 23.6. The Morgan fingerprint density at radius 3 is 2.65 bits per heavy atom. The zero-order valence-electron chi connectivity index (χ0n) is 21.1. The van der Waals surface area contributed by atoms with E-state index in [0.29, 0.717) is 29.7 Å². The zero-order valence-corrected chi connectivity index (χ0v) is 23.5. The zero-order chi connectivity index (χ0) is 29.2. The fourth-order valence-corrected chi connectivity index (χ4v) is 6.83. The Morgan fingerprint density at radius 2 is 2.08 bits per heavy atom. The minimum Gasteiger partial charge on any atom is -0.477 e. The molecule has 0 radical (unpaired) electrons. The summed E-state index contributed by atoms with van der Waals surface area (Å²) in [5.74, 6) is -2.84. The van der Waals surface area contributed by atoms with Crippen molar-refractivity contribution in [3.63, 3.8) is 0 Å². The number of halogens is 1. The first-order chi connectivity index (χ1) is 18.8. The lowest BCUT2D eigenvalue weighted by Crippen LogP contribution is -2.71. The first-order valence-electron chi connectivity index (χ1n) is 11.7. The van der Waals surface area contributed by atoms with E-state index in [1.54, 1.807) is 12.2 Å². The number of allylic oxidation sites excluding steroid dienone is 1. The number of hydrogen-bond acceptors (Lipinski definition) is 12. The van der Waals surface area contributed by atoms with E-state index in [1.807, 2.05) is 7.05 Å². The predicted molar refractivity (Wildman–Crippen MR) is 142 cm³/mol. The van der Waals surface area contributed by atoms with E-state index in [-0.39, 0.29) is 35.5 Å². The molecule has 3 aliphatic rings. The number of nitrogen functional groups attached to an aromatic ring is 1. The van der Waals surface area contributed by atoms with Crippen molar-refractivity contribution >= 4 is 62.1 Å². The van der Waals surface area contributed by atoms with Crippen molar-refractivity contribution in [3.8, 4) is 0 Å². The number of piperazine rings is 1. The van der Waals surface area contributed by atoms with E-state index in [9.17, 15) is 32.3 Å². The number of quaternary nitrogens is 1. The van der Waals surface area contributed by atoms with Crippen LogP contribution in [0, 0.1) is 0 Å². The molecule has 0 aromatic carbocycles. The number of amides is 2. The molecule has 1 aromatic rings. The number of alkyl halides is 1. The molecular formula is C20H27FN9O7S3+. The fraction of sp³-hybridized carbons (Fsp3) is 0.500. The van der Waals surface area contributed by atoms with Gasteiger partial charge in [0, 0.05) is 17.3 Å². The largest absolute Gasteiger partial charge is 0.477 e. The van der Waals surface area contributed by atoms with Gasteiger partial charge in [0.15, 0.2) is 5.13 Å². The van der Waals surface area contributed by atoms with Crippen molar-refractivity contribution in [2.45, 2.75) is 11.4 Å². The fourth-order valence-electron chi connectivity index (χ4n) is 4.40. The number of anilines is 1. The van der Waals surface area contributed by atoms with Crippen LogP contribution in [0.5, 0.6) is 0 Å². The van der Waals surface area contributed by atoms with Crippen LogP contribution >= 0.6 is 23.3 Å². The minimum absolute atomic E-state index is 0.0306. The summed E-state index contributed by atoms with van der Waals surface area (Å²) in [5, 5.41) is 20.3. The molecule has 0 saturated carbocycles. The molecule has 40 heavy (non-hydrogen) atoms. The maximum absolute atomic E-state index is 13.0. The second-order valence-corrected chi connectivity index (χ2v) is 12.7. The summed E-state index contributed by atoms with van der Waals surface area (Å²) in [4.78, 5) is 47.2. The number of nitrogens with zero attached hydrogens (tertiary/aromatic N) is 6. The Morgan fingerprint density at radius 1 is 1.38 bits per heavy atom. The van der Waals surface area contributed by atoms with E-state index >= 15 is 0 Å². The van der Waals surface area contributed by atoms with E-state index in [4.69, 9.17) is 10.9 Å². The van der Waals surface area contributed by atoms with Crippen molar-refractivity contribution in [1.29, 1.82) is 0 Å². The van der Waals surface area contributed by atoms with Crippen LogP contribution in [0.4, 0.5) is 9.52 Å². The number of aliphatic carboxylic acids is 1. The quantitative estimate of drug-likeness (QED) is 0.0971. The van der Waals surface area contributed by atoms with E-state index in [2.05, 4.69) is 24.7 Å². The number of carboxylic acids is 1. The summed E-state index contributed by atoms with van der Waals surface area (Å²) in [6, 6.07) is -1.08. The molecule has 0 unspecified atom stereocenters. The van der Waals surface area contributed by atoms with Crippen LogP contribution in [-0.2, 0) is 29.4 Å². The maximum atomic E-state index is 13.0. The number of carboxylic acid groups (broad SMARTS) is 1. The van der Waals surface area contributed by atoms with E-state index < -0.39 is 52.0 Å². The molecule has 2 amide bonds. The number of fused-ring (bicyclic) bond motifs is 1. The van der Waals surface area contributed by atoms with E-state index in [0.717, 1.165) is 16.4 Å². The van der Waals surface area contributed by atoms with Gasteiger partial charge in [-0.1, -0.05) is 11.2 Å². The van der Waals surface area contributed by atoms with Crippen LogP contribution in [0.15, 0.2) is 28.6 Å². The molecule has 2 fully saturated rings. The number of β-lactam (4-membered cyclic amide) rings is 1. The molecule has 3 aliphatic heterocycles. The third-order valence-electron chi connectivity index (χ3n) is 6.56. The topological polar surface area (TPSA) is 224 Å². The van der Waals surface area contributed by atoms with Crippen LogP contribution in [0.1, 0.15) is 5.82 Å². The molecule has 2 saturated heterocycles. The van der Waals surface area contributed by atoms with Crippen LogP contribution in [0.3, 0.4) is 0 Å². The Kier molecular flexibility index (Phi) is 8.75. The number of thioether (sulfide) groups is 1. The van der Waals surface area contributed by atoms with Crippen LogP contribution in [-0.4, -0.2) is 124 Å². The predicted octanol–water partition coefficient (Wildman–Crippen LogP) is -1.97. The molecule has 0 bridgehead atoms. The highest BCUT2D eigenvalue weighted by Crippen LogP contribution is 2.40. The number of carbonyl (C=O) groups excluding carboxylic acids is 2. The number of hydrogen-bond donors (Lipinski definition) is 4.